The van der Waals surface area contributed by atoms with E-state index in [9.17, 15) is 14.7 Å². The van der Waals surface area contributed by atoms with Crippen molar-refractivity contribution in [3.8, 4) is 0 Å². The summed E-state index contributed by atoms with van der Waals surface area (Å²) in [6.07, 6.45) is 0.974. The average molecular weight is 548 g/mol. The highest BCUT2D eigenvalue weighted by Crippen LogP contribution is 2.28. The van der Waals surface area contributed by atoms with E-state index in [-0.39, 0.29) is 18.9 Å². The van der Waals surface area contributed by atoms with Crippen LogP contribution in [0.15, 0.2) is 30.3 Å². The molecule has 0 saturated heterocycles. The van der Waals surface area contributed by atoms with Crippen LogP contribution in [0, 0.1) is 0 Å². The molecule has 4 N–H and O–H groups in total. The van der Waals surface area contributed by atoms with E-state index >= 15 is 0 Å². The summed E-state index contributed by atoms with van der Waals surface area (Å²) in [7, 11) is 0. The average Bonchev–Trinajstić information content (AvgIpc) is 3.03. The van der Waals surface area contributed by atoms with Gasteiger partial charge in [0.1, 0.15) is 0 Å². The number of fused-ring (bicyclic) bond motifs is 1. The molecule has 1 aromatic carbocycles. The van der Waals surface area contributed by atoms with Gasteiger partial charge in [-0.15, -0.1) is 11.3 Å². The molecular weight excluding hydrogens is 525 g/mol. The van der Waals surface area contributed by atoms with Crippen LogP contribution in [0.2, 0.25) is 4.34 Å². The molecule has 0 bridgehead atoms. The fraction of sp³-hybridized carbons (Fsp3) is 0.400. The third kappa shape index (κ3) is 5.49. The molecule has 0 spiro atoms. The van der Waals surface area contributed by atoms with Crippen LogP contribution in [0.1, 0.15) is 40.1 Å². The van der Waals surface area contributed by atoms with Gasteiger partial charge in [0.25, 0.3) is 11.8 Å². The van der Waals surface area contributed by atoms with Crippen LogP contribution < -0.4 is 16.0 Å². The zero-order chi connectivity index (χ0) is 21.0. The zero-order valence-electron chi connectivity index (χ0n) is 15.9. The van der Waals surface area contributed by atoms with E-state index in [0.717, 1.165) is 30.8 Å². The Kier molecular flexibility index (Phi) is 7.55. The van der Waals surface area contributed by atoms with Gasteiger partial charge in [0.2, 0.25) is 0 Å². The van der Waals surface area contributed by atoms with Gasteiger partial charge in [-0.25, -0.2) is 0 Å². The third-order valence-corrected chi connectivity index (χ3v) is 7.41. The van der Waals surface area contributed by atoms with E-state index in [1.54, 1.807) is 12.1 Å². The Morgan fingerprint density at radius 1 is 1.38 bits per heavy atom. The Bertz CT molecular complexity index is 907. The highest BCUT2D eigenvalue weighted by Gasteiger charge is 2.37. The normalized spacial score (nSPS) is 18.3. The molecule has 3 rings (SSSR count). The van der Waals surface area contributed by atoms with Crippen molar-refractivity contribution in [3.63, 3.8) is 0 Å². The first kappa shape index (κ1) is 22.5. The molecule has 156 valence electrons. The summed E-state index contributed by atoms with van der Waals surface area (Å²) >= 11 is 8.92. The molecule has 0 unspecified atom stereocenters. The van der Waals surface area contributed by atoms with Crippen molar-refractivity contribution >= 4 is 63.0 Å². The van der Waals surface area contributed by atoms with Gasteiger partial charge in [0.15, 0.2) is 3.55 Å². The number of thiophene rings is 1. The fourth-order valence-electron chi connectivity index (χ4n) is 3.33. The molecule has 29 heavy (non-hydrogen) atoms. The van der Waals surface area contributed by atoms with E-state index in [0.29, 0.717) is 20.8 Å². The van der Waals surface area contributed by atoms with Crippen LogP contribution in [-0.4, -0.2) is 40.2 Å². The van der Waals surface area contributed by atoms with Crippen LogP contribution in [0.3, 0.4) is 0 Å². The number of rotatable bonds is 6. The molecule has 2 aromatic rings. The van der Waals surface area contributed by atoms with Crippen molar-refractivity contribution in [1.82, 2.24) is 10.6 Å². The lowest BCUT2D eigenvalue weighted by molar-refractivity contribution is -0.118. The van der Waals surface area contributed by atoms with Crippen molar-refractivity contribution < 1.29 is 14.7 Å². The van der Waals surface area contributed by atoms with Gasteiger partial charge in [0.05, 0.1) is 9.21 Å². The summed E-state index contributed by atoms with van der Waals surface area (Å²) in [5.74, 6) is -0.378. The first-order valence-corrected chi connectivity index (χ1v) is 11.6. The van der Waals surface area contributed by atoms with Crippen molar-refractivity contribution in [2.24, 2.45) is 0 Å². The molecule has 2 amide bonds. The van der Waals surface area contributed by atoms with Gasteiger partial charge in [-0.05, 0) is 76.9 Å². The first-order valence-electron chi connectivity index (χ1n) is 9.35. The van der Waals surface area contributed by atoms with Crippen molar-refractivity contribution in [2.75, 3.05) is 25.0 Å². The number of carbonyl (C=O) groups excluding carboxylic acids is 2. The summed E-state index contributed by atoms with van der Waals surface area (Å²) in [6.45, 7) is 3.77. The number of aliphatic hydroxyl groups excluding tert-OH is 1. The largest absolute Gasteiger partial charge is 0.396 e. The number of aliphatic hydroxyl groups is 1. The van der Waals surface area contributed by atoms with Crippen molar-refractivity contribution in [1.29, 1.82) is 0 Å². The second-order valence-corrected chi connectivity index (χ2v) is 10.6. The SMILES string of the molecule is C[C@H]1CNCCc2cc(NC(=O)[C@@](I)(CCO)NC(=O)c3ccc(Cl)s3)ccc21. The maximum atomic E-state index is 13.0. The smallest absolute Gasteiger partial charge is 0.262 e. The number of anilines is 1. The quantitative estimate of drug-likeness (QED) is 0.253. The van der Waals surface area contributed by atoms with Gasteiger partial charge >= 0.3 is 0 Å². The Labute approximate surface area is 192 Å². The maximum Gasteiger partial charge on any atom is 0.262 e. The lowest BCUT2D eigenvalue weighted by Gasteiger charge is -2.27. The third-order valence-electron chi connectivity index (χ3n) is 4.88. The summed E-state index contributed by atoms with van der Waals surface area (Å²) in [6, 6.07) is 9.17. The minimum atomic E-state index is -1.29. The number of hydrogen-bond donors (Lipinski definition) is 4. The predicted octanol–water partition coefficient (Wildman–Crippen LogP) is 3.53. The maximum absolute atomic E-state index is 13.0. The lowest BCUT2D eigenvalue weighted by atomic mass is 9.95. The summed E-state index contributed by atoms with van der Waals surface area (Å²) in [4.78, 5) is 26.0. The van der Waals surface area contributed by atoms with Crippen LogP contribution in [0.4, 0.5) is 5.69 Å². The molecule has 0 aliphatic carbocycles. The van der Waals surface area contributed by atoms with Crippen molar-refractivity contribution in [3.05, 3.63) is 50.7 Å². The predicted molar refractivity (Wildman–Crippen MR) is 125 cm³/mol. The zero-order valence-corrected chi connectivity index (χ0v) is 19.7. The molecule has 2 atom stereocenters. The molecule has 2 heterocycles. The fourth-order valence-corrected chi connectivity index (χ4v) is 4.89. The first-order chi connectivity index (χ1) is 13.8. The molecule has 9 heteroatoms. The van der Waals surface area contributed by atoms with E-state index < -0.39 is 9.45 Å². The number of halogens is 2. The number of nitrogens with one attached hydrogen (secondary N) is 3. The Morgan fingerprint density at radius 2 is 2.17 bits per heavy atom. The Hall–Kier alpha value is -1.20. The van der Waals surface area contributed by atoms with Crippen LogP contribution in [-0.2, 0) is 11.2 Å². The second-order valence-electron chi connectivity index (χ2n) is 7.06. The minimum absolute atomic E-state index is 0.0795. The number of alkyl halides is 1. The second kappa shape index (κ2) is 9.74. The van der Waals surface area contributed by atoms with Crippen molar-refractivity contribution in [2.45, 2.75) is 29.2 Å². The van der Waals surface area contributed by atoms with E-state index in [1.807, 2.05) is 34.7 Å². The van der Waals surface area contributed by atoms with Crippen LogP contribution >= 0.6 is 45.5 Å². The Balaban J connectivity index is 1.77. The van der Waals surface area contributed by atoms with E-state index in [4.69, 9.17) is 11.6 Å². The summed E-state index contributed by atoms with van der Waals surface area (Å²) in [5, 5.41) is 18.5. The number of benzene rings is 1. The van der Waals surface area contributed by atoms with Gasteiger partial charge in [0, 0.05) is 25.3 Å². The van der Waals surface area contributed by atoms with Crippen LogP contribution in [0.5, 0.6) is 0 Å². The standard InChI is InChI=1S/C20H23ClIN3O3S/c1-12-11-23-8-6-13-10-14(2-3-15(12)13)24-19(28)20(22,7-9-26)25-18(27)16-4-5-17(21)29-16/h2-5,10,12,23,26H,6-9,11H2,1H3,(H,24,28)(H,25,27)/t12-,20+/m0/s1. The van der Waals surface area contributed by atoms with Gasteiger partial charge in [-0.2, -0.15) is 0 Å². The monoisotopic (exact) mass is 547 g/mol. The molecule has 0 fully saturated rings. The summed E-state index contributed by atoms with van der Waals surface area (Å²) < 4.78 is -0.795. The molecule has 6 nitrogen and oxygen atoms in total. The molecule has 1 aromatic heterocycles. The number of hydrogen-bond acceptors (Lipinski definition) is 5. The molecule has 0 saturated carbocycles. The van der Waals surface area contributed by atoms with E-state index in [1.165, 1.54) is 11.1 Å². The molecular formula is C20H23ClIN3O3S. The van der Waals surface area contributed by atoms with Gasteiger partial charge < -0.3 is 21.1 Å². The minimum Gasteiger partial charge on any atom is -0.396 e. The molecule has 1 aliphatic heterocycles. The number of carbonyl (C=O) groups is 2. The number of amides is 2. The highest BCUT2D eigenvalue weighted by molar-refractivity contribution is 14.1. The molecule has 1 aliphatic rings. The lowest BCUT2D eigenvalue weighted by Crippen LogP contribution is -2.52. The van der Waals surface area contributed by atoms with Gasteiger partial charge in [-0.3, -0.25) is 9.59 Å². The van der Waals surface area contributed by atoms with Gasteiger partial charge in [-0.1, -0.05) is 24.6 Å². The Morgan fingerprint density at radius 3 is 2.86 bits per heavy atom. The highest BCUT2D eigenvalue weighted by atomic mass is 127. The van der Waals surface area contributed by atoms with Crippen LogP contribution in [0.25, 0.3) is 0 Å². The topological polar surface area (TPSA) is 90.5 Å². The van der Waals surface area contributed by atoms with E-state index in [2.05, 4.69) is 28.9 Å². The summed E-state index contributed by atoms with van der Waals surface area (Å²) in [5.41, 5.74) is 3.17. The molecule has 0 radical (unpaired) electrons.